The van der Waals surface area contributed by atoms with Gasteiger partial charge in [-0.3, -0.25) is 0 Å². The van der Waals surface area contributed by atoms with Gasteiger partial charge in [-0.2, -0.15) is 0 Å². The molecule has 0 aliphatic carbocycles. The van der Waals surface area contributed by atoms with E-state index >= 15 is 0 Å². The van der Waals surface area contributed by atoms with E-state index in [4.69, 9.17) is 34.4 Å². The summed E-state index contributed by atoms with van der Waals surface area (Å²) in [6, 6.07) is 62.4. The van der Waals surface area contributed by atoms with Crippen LogP contribution in [0.3, 0.4) is 0 Å². The highest BCUT2D eigenvalue weighted by Crippen LogP contribution is 2.46. The monoisotopic (exact) mass is 721 g/mol. The van der Waals surface area contributed by atoms with E-state index in [2.05, 4.69) is 48.5 Å². The first-order valence-corrected chi connectivity index (χ1v) is 18.3. The summed E-state index contributed by atoms with van der Waals surface area (Å²) in [5.41, 5.74) is 9.18. The molecule has 0 bridgehead atoms. The zero-order valence-corrected chi connectivity index (χ0v) is 30.0. The molecule has 3 heterocycles. The molecule has 7 heteroatoms. The predicted molar refractivity (Wildman–Crippen MR) is 220 cm³/mol. The van der Waals surface area contributed by atoms with E-state index in [0.29, 0.717) is 46.3 Å². The van der Waals surface area contributed by atoms with Gasteiger partial charge in [0.05, 0.1) is 11.4 Å². The number of aromatic nitrogens is 5. The Morgan fingerprint density at radius 2 is 0.625 bits per heavy atom. The van der Waals surface area contributed by atoms with Gasteiger partial charge in [0, 0.05) is 33.4 Å². The minimum Gasteiger partial charge on any atom is -0.450 e. The van der Waals surface area contributed by atoms with Crippen LogP contribution in [-0.2, 0) is 0 Å². The normalized spacial score (nSPS) is 11.5. The predicted octanol–water partition coefficient (Wildman–Crippen LogP) is 12.2. The van der Waals surface area contributed by atoms with Crippen LogP contribution in [0.5, 0.6) is 23.0 Å². The Bertz CT molecular complexity index is 2810. The molecular weight excluding hydrogens is 691 g/mol. The van der Waals surface area contributed by atoms with Crippen LogP contribution in [0.2, 0.25) is 0 Å². The number of para-hydroxylation sites is 2. The van der Waals surface area contributed by atoms with Crippen molar-refractivity contribution < 1.29 is 9.47 Å². The van der Waals surface area contributed by atoms with Crippen molar-refractivity contribution in [1.82, 2.24) is 24.9 Å². The van der Waals surface area contributed by atoms with Crippen LogP contribution in [0.25, 0.3) is 79.2 Å². The number of hydrogen-bond donors (Lipinski definition) is 0. The molecule has 0 N–H and O–H groups in total. The zero-order valence-electron chi connectivity index (χ0n) is 30.0. The van der Waals surface area contributed by atoms with Gasteiger partial charge in [-0.05, 0) is 59.7 Å². The lowest BCUT2D eigenvalue weighted by Crippen LogP contribution is -2.00. The van der Waals surface area contributed by atoms with Crippen molar-refractivity contribution >= 4 is 0 Å². The summed E-state index contributed by atoms with van der Waals surface area (Å²) in [6.45, 7) is 0. The first kappa shape index (κ1) is 32.8. The first-order chi connectivity index (χ1) is 27.7. The summed E-state index contributed by atoms with van der Waals surface area (Å²) in [5, 5.41) is 0. The first-order valence-electron chi connectivity index (χ1n) is 18.3. The third-order valence-electron chi connectivity index (χ3n) is 9.60. The van der Waals surface area contributed by atoms with Crippen molar-refractivity contribution in [2.45, 2.75) is 0 Å². The van der Waals surface area contributed by atoms with Gasteiger partial charge in [-0.25, -0.2) is 24.9 Å². The quantitative estimate of drug-likeness (QED) is 0.162. The van der Waals surface area contributed by atoms with Gasteiger partial charge in [0.15, 0.2) is 46.3 Å². The number of nitrogens with zero attached hydrogens (tertiary/aromatic N) is 5. The topological polar surface area (TPSA) is 82.9 Å². The molecule has 56 heavy (non-hydrogen) atoms. The van der Waals surface area contributed by atoms with Crippen LogP contribution in [0, 0.1) is 0 Å². The van der Waals surface area contributed by atoms with E-state index < -0.39 is 0 Å². The van der Waals surface area contributed by atoms with Crippen LogP contribution in [0.15, 0.2) is 188 Å². The molecule has 7 nitrogen and oxygen atoms in total. The maximum absolute atomic E-state index is 6.24. The fourth-order valence-corrected chi connectivity index (χ4v) is 6.78. The molecule has 7 aromatic carbocycles. The van der Waals surface area contributed by atoms with Crippen LogP contribution in [0.4, 0.5) is 0 Å². The molecule has 0 atom stereocenters. The van der Waals surface area contributed by atoms with Gasteiger partial charge in [-0.15, -0.1) is 0 Å². The molecule has 0 saturated carbocycles. The minimum absolute atomic E-state index is 0.581. The Morgan fingerprint density at radius 1 is 0.232 bits per heavy atom. The molecule has 2 aromatic heterocycles. The third-order valence-corrected chi connectivity index (χ3v) is 9.60. The number of fused-ring (bicyclic) bond motifs is 2. The smallest absolute Gasteiger partial charge is 0.170 e. The van der Waals surface area contributed by atoms with E-state index in [1.54, 1.807) is 0 Å². The molecule has 1 aliphatic rings. The fraction of sp³-hybridized carbons (Fsp3) is 0. The Morgan fingerprint density at radius 3 is 1.23 bits per heavy atom. The standard InChI is InChI=1S/C49H31N5O2/c1-4-14-32(15-5-1)40-31-41(51-48(50-40)39-26-27-44-45(30-39)56-43-25-11-10-24-42(43)55-44)37-22-12-20-35(28-37)36-21-13-23-38(29-36)49-53-46(33-16-6-2-7-17-33)52-47(54-49)34-18-8-3-9-19-34/h1-31H. The van der Waals surface area contributed by atoms with Gasteiger partial charge >= 0.3 is 0 Å². The molecule has 0 spiro atoms. The van der Waals surface area contributed by atoms with Crippen LogP contribution in [0.1, 0.15) is 0 Å². The molecule has 0 radical (unpaired) electrons. The van der Waals surface area contributed by atoms with E-state index in [9.17, 15) is 0 Å². The second-order valence-corrected chi connectivity index (χ2v) is 13.3. The number of hydrogen-bond acceptors (Lipinski definition) is 7. The van der Waals surface area contributed by atoms with Crippen LogP contribution in [-0.4, -0.2) is 24.9 Å². The average Bonchev–Trinajstić information content (AvgIpc) is 3.29. The van der Waals surface area contributed by atoms with E-state index in [-0.39, 0.29) is 0 Å². The lowest BCUT2D eigenvalue weighted by Gasteiger charge is -2.20. The second-order valence-electron chi connectivity index (χ2n) is 13.3. The van der Waals surface area contributed by atoms with Crippen molar-refractivity contribution in [3.05, 3.63) is 188 Å². The van der Waals surface area contributed by atoms with Crippen molar-refractivity contribution in [2.24, 2.45) is 0 Å². The molecular formula is C49H31N5O2. The molecule has 10 rings (SSSR count). The second kappa shape index (κ2) is 14.2. The molecule has 0 amide bonds. The molecule has 264 valence electrons. The highest BCUT2D eigenvalue weighted by Gasteiger charge is 2.20. The highest BCUT2D eigenvalue weighted by molar-refractivity contribution is 5.78. The minimum atomic E-state index is 0.581. The van der Waals surface area contributed by atoms with Gasteiger partial charge < -0.3 is 9.47 Å². The summed E-state index contributed by atoms with van der Waals surface area (Å²) in [6.07, 6.45) is 0. The number of benzene rings is 7. The molecule has 9 aromatic rings. The number of ether oxygens (including phenoxy) is 2. The SMILES string of the molecule is c1ccc(-c2cc(-c3cccc(-c4cccc(-c5nc(-c6ccccc6)nc(-c6ccccc6)n5)c4)c3)nc(-c3ccc4c(c3)Oc3ccccc3O4)n2)cc1. The van der Waals surface area contributed by atoms with E-state index in [1.165, 1.54) is 0 Å². The summed E-state index contributed by atoms with van der Waals surface area (Å²) >= 11 is 0. The third kappa shape index (κ3) is 6.54. The van der Waals surface area contributed by atoms with Gasteiger partial charge in [0.25, 0.3) is 0 Å². The highest BCUT2D eigenvalue weighted by atomic mass is 16.6. The van der Waals surface area contributed by atoms with Crippen LogP contribution < -0.4 is 9.47 Å². The maximum atomic E-state index is 6.24. The van der Waals surface area contributed by atoms with Crippen molar-refractivity contribution in [3.63, 3.8) is 0 Å². The molecule has 0 saturated heterocycles. The molecule has 0 unspecified atom stereocenters. The summed E-state index contributed by atoms with van der Waals surface area (Å²) < 4.78 is 12.4. The van der Waals surface area contributed by atoms with E-state index in [0.717, 1.165) is 55.9 Å². The average molecular weight is 722 g/mol. The summed E-state index contributed by atoms with van der Waals surface area (Å²) in [5.74, 6) is 5.04. The van der Waals surface area contributed by atoms with Crippen molar-refractivity contribution in [3.8, 4) is 102 Å². The lowest BCUT2D eigenvalue weighted by molar-refractivity contribution is 0.360. The van der Waals surface area contributed by atoms with Crippen molar-refractivity contribution in [2.75, 3.05) is 0 Å². The number of rotatable bonds is 7. The van der Waals surface area contributed by atoms with Gasteiger partial charge in [0.1, 0.15) is 0 Å². The lowest BCUT2D eigenvalue weighted by atomic mass is 9.99. The van der Waals surface area contributed by atoms with E-state index in [1.807, 2.05) is 140 Å². The zero-order chi connectivity index (χ0) is 37.3. The molecule has 0 fully saturated rings. The Labute approximate surface area is 323 Å². The van der Waals surface area contributed by atoms with Gasteiger partial charge in [0.2, 0.25) is 0 Å². The van der Waals surface area contributed by atoms with Crippen LogP contribution >= 0.6 is 0 Å². The fourth-order valence-electron chi connectivity index (χ4n) is 6.78. The molecule has 1 aliphatic heterocycles. The summed E-state index contributed by atoms with van der Waals surface area (Å²) in [4.78, 5) is 25.0. The van der Waals surface area contributed by atoms with Crippen molar-refractivity contribution in [1.29, 1.82) is 0 Å². The van der Waals surface area contributed by atoms with Gasteiger partial charge in [-0.1, -0.05) is 140 Å². The largest absolute Gasteiger partial charge is 0.450 e. The Kier molecular flexibility index (Phi) is 8.35. The Hall–Kier alpha value is -7.77. The maximum Gasteiger partial charge on any atom is 0.170 e. The Balaban J connectivity index is 1.04. The summed E-state index contributed by atoms with van der Waals surface area (Å²) in [7, 11) is 0.